The van der Waals surface area contributed by atoms with Crippen molar-refractivity contribution in [1.82, 2.24) is 9.62 Å². The predicted octanol–water partition coefficient (Wildman–Crippen LogP) is 5.38. The van der Waals surface area contributed by atoms with Crippen LogP contribution in [0.15, 0.2) is 77.7 Å². The van der Waals surface area contributed by atoms with Crippen LogP contribution >= 0.6 is 0 Å². The van der Waals surface area contributed by atoms with E-state index in [1.807, 2.05) is 31.2 Å². The lowest BCUT2D eigenvalue weighted by molar-refractivity contribution is -0.121. The summed E-state index contributed by atoms with van der Waals surface area (Å²) < 4.78 is 57.0. The largest absolute Gasteiger partial charge is 0.353 e. The molecule has 1 fully saturated rings. The number of nitrogens with zero attached hydrogens (tertiary/aromatic N) is 1. The molecule has 4 rings (SSSR count). The van der Waals surface area contributed by atoms with E-state index >= 15 is 0 Å². The number of rotatable bonds is 9. The van der Waals surface area contributed by atoms with Gasteiger partial charge in [0.05, 0.1) is 11.3 Å². The number of hydrogen-bond acceptors (Lipinski definition) is 3. The second-order valence-corrected chi connectivity index (χ2v) is 11.7. The second-order valence-electron chi connectivity index (χ2n) is 9.76. The number of sulfonamides is 1. The lowest BCUT2D eigenvalue weighted by atomic mass is 9.86. The van der Waals surface area contributed by atoms with E-state index in [-0.39, 0.29) is 41.4 Å². The van der Waals surface area contributed by atoms with E-state index in [2.05, 4.69) is 5.32 Å². The molecule has 1 N–H and O–H groups in total. The monoisotopic (exact) mass is 526 g/mol. The predicted molar refractivity (Wildman–Crippen MR) is 139 cm³/mol. The zero-order valence-electron chi connectivity index (χ0n) is 20.9. The van der Waals surface area contributed by atoms with Crippen molar-refractivity contribution in [2.24, 2.45) is 5.92 Å². The van der Waals surface area contributed by atoms with E-state index < -0.39 is 21.7 Å². The molecule has 0 unspecified atom stereocenters. The van der Waals surface area contributed by atoms with Crippen LogP contribution in [0.4, 0.5) is 8.78 Å². The molecule has 8 heteroatoms. The van der Waals surface area contributed by atoms with Crippen LogP contribution in [0, 0.1) is 24.5 Å². The Morgan fingerprint density at radius 3 is 2.14 bits per heavy atom. The third-order valence-corrected chi connectivity index (χ3v) is 8.76. The van der Waals surface area contributed by atoms with Gasteiger partial charge in [0, 0.05) is 24.7 Å². The van der Waals surface area contributed by atoms with Crippen molar-refractivity contribution in [2.75, 3.05) is 6.54 Å². The highest BCUT2D eigenvalue weighted by atomic mass is 32.2. The maximum absolute atomic E-state index is 14.4. The third kappa shape index (κ3) is 7.02. The number of nitrogens with one attached hydrogen (secondary N) is 1. The van der Waals surface area contributed by atoms with Crippen molar-refractivity contribution >= 4 is 15.9 Å². The van der Waals surface area contributed by atoms with E-state index in [1.54, 1.807) is 18.2 Å². The maximum atomic E-state index is 14.4. The number of benzene rings is 3. The standard InChI is InChI=1S/C29H32F2N2O3S/c1-21-10-12-22(13-11-21)18-29(34)32-24-16-14-23(15-17-24)19-33(20-26-27(30)8-5-9-28(26)31)37(35,36)25-6-3-2-4-7-25/h2-13,23-24H,14-20H2,1H3,(H,32,34). The summed E-state index contributed by atoms with van der Waals surface area (Å²) in [5.41, 5.74) is 1.83. The van der Waals surface area contributed by atoms with Crippen molar-refractivity contribution in [3.05, 3.63) is 101 Å². The van der Waals surface area contributed by atoms with Gasteiger partial charge in [0.25, 0.3) is 0 Å². The smallest absolute Gasteiger partial charge is 0.243 e. The SMILES string of the molecule is Cc1ccc(CC(=O)NC2CCC(CN(Cc3c(F)cccc3F)S(=O)(=O)c3ccccc3)CC2)cc1. The molecule has 196 valence electrons. The van der Waals surface area contributed by atoms with E-state index in [0.29, 0.717) is 19.3 Å². The first-order valence-electron chi connectivity index (χ1n) is 12.6. The normalized spacial score (nSPS) is 18.1. The zero-order valence-corrected chi connectivity index (χ0v) is 21.7. The molecule has 0 heterocycles. The Morgan fingerprint density at radius 1 is 0.892 bits per heavy atom. The van der Waals surface area contributed by atoms with Crippen molar-refractivity contribution in [2.45, 2.75) is 56.5 Å². The summed E-state index contributed by atoms with van der Waals surface area (Å²) in [6.45, 7) is 1.76. The molecular formula is C29H32F2N2O3S. The van der Waals surface area contributed by atoms with E-state index in [4.69, 9.17) is 0 Å². The lowest BCUT2D eigenvalue weighted by Gasteiger charge is -2.33. The Morgan fingerprint density at radius 2 is 1.51 bits per heavy atom. The molecule has 0 aliphatic heterocycles. The van der Waals surface area contributed by atoms with Crippen molar-refractivity contribution in [3.63, 3.8) is 0 Å². The van der Waals surface area contributed by atoms with Crippen LogP contribution in [0.25, 0.3) is 0 Å². The summed E-state index contributed by atoms with van der Waals surface area (Å²) in [5, 5.41) is 3.10. The quantitative estimate of drug-likeness (QED) is 0.407. The fourth-order valence-corrected chi connectivity index (χ4v) is 6.30. The summed E-state index contributed by atoms with van der Waals surface area (Å²) in [7, 11) is -3.97. The zero-order chi connectivity index (χ0) is 26.4. The summed E-state index contributed by atoms with van der Waals surface area (Å²) in [6.07, 6.45) is 3.17. The molecule has 0 radical (unpaired) electrons. The van der Waals surface area contributed by atoms with Gasteiger partial charge in [0.2, 0.25) is 15.9 Å². The lowest BCUT2D eigenvalue weighted by Crippen LogP contribution is -2.41. The Bertz CT molecular complexity index is 1290. The highest BCUT2D eigenvalue weighted by Gasteiger charge is 2.31. The minimum absolute atomic E-state index is 0.0126. The average Bonchev–Trinajstić information content (AvgIpc) is 2.88. The van der Waals surface area contributed by atoms with Crippen LogP contribution in [0.5, 0.6) is 0 Å². The van der Waals surface area contributed by atoms with Gasteiger partial charge in [-0.05, 0) is 68.4 Å². The van der Waals surface area contributed by atoms with Gasteiger partial charge < -0.3 is 5.32 Å². The fourth-order valence-electron chi connectivity index (χ4n) is 4.80. The topological polar surface area (TPSA) is 66.5 Å². The molecule has 0 spiro atoms. The highest BCUT2D eigenvalue weighted by molar-refractivity contribution is 7.89. The van der Waals surface area contributed by atoms with Crippen LogP contribution in [0.2, 0.25) is 0 Å². The molecule has 0 aromatic heterocycles. The first-order chi connectivity index (χ1) is 17.7. The Hall–Kier alpha value is -3.10. The number of aryl methyl sites for hydroxylation is 1. The second kappa shape index (κ2) is 12.0. The first-order valence-corrected chi connectivity index (χ1v) is 14.0. The van der Waals surface area contributed by atoms with E-state index in [9.17, 15) is 22.0 Å². The Labute approximate surface area is 217 Å². The maximum Gasteiger partial charge on any atom is 0.243 e. The number of halogens is 2. The van der Waals surface area contributed by atoms with Crippen LogP contribution in [0.1, 0.15) is 42.4 Å². The summed E-state index contributed by atoms with van der Waals surface area (Å²) >= 11 is 0. The molecule has 0 bridgehead atoms. The molecule has 1 amide bonds. The average molecular weight is 527 g/mol. The molecule has 3 aromatic carbocycles. The first kappa shape index (κ1) is 26.9. The molecule has 1 aliphatic carbocycles. The summed E-state index contributed by atoms with van der Waals surface area (Å²) in [5.74, 6) is -1.56. The Kier molecular flexibility index (Phi) is 8.71. The minimum Gasteiger partial charge on any atom is -0.353 e. The van der Waals surface area contributed by atoms with Gasteiger partial charge >= 0.3 is 0 Å². The van der Waals surface area contributed by atoms with Gasteiger partial charge in [-0.2, -0.15) is 4.31 Å². The third-order valence-electron chi connectivity index (χ3n) is 6.94. The molecule has 0 atom stereocenters. The molecular weight excluding hydrogens is 494 g/mol. The molecule has 3 aromatic rings. The highest BCUT2D eigenvalue weighted by Crippen LogP contribution is 2.29. The van der Waals surface area contributed by atoms with Crippen molar-refractivity contribution in [3.8, 4) is 0 Å². The number of carbonyl (C=O) groups is 1. The van der Waals surface area contributed by atoms with Crippen LogP contribution in [-0.2, 0) is 27.8 Å². The molecule has 1 saturated carbocycles. The number of amides is 1. The number of carbonyl (C=O) groups excluding carboxylic acids is 1. The molecule has 0 saturated heterocycles. The van der Waals surface area contributed by atoms with Crippen molar-refractivity contribution < 1.29 is 22.0 Å². The van der Waals surface area contributed by atoms with Crippen LogP contribution in [0.3, 0.4) is 0 Å². The van der Waals surface area contributed by atoms with E-state index in [0.717, 1.165) is 36.1 Å². The number of hydrogen-bond donors (Lipinski definition) is 1. The van der Waals surface area contributed by atoms with Gasteiger partial charge in [-0.15, -0.1) is 0 Å². The summed E-state index contributed by atoms with van der Waals surface area (Å²) in [6, 6.07) is 19.4. The molecule has 37 heavy (non-hydrogen) atoms. The van der Waals surface area contributed by atoms with Gasteiger partial charge in [-0.3, -0.25) is 4.79 Å². The van der Waals surface area contributed by atoms with Gasteiger partial charge in [0.1, 0.15) is 11.6 Å². The molecule has 5 nitrogen and oxygen atoms in total. The van der Waals surface area contributed by atoms with Gasteiger partial charge in [-0.1, -0.05) is 54.1 Å². The fraction of sp³-hybridized carbons (Fsp3) is 0.345. The summed E-state index contributed by atoms with van der Waals surface area (Å²) in [4.78, 5) is 12.6. The Balaban J connectivity index is 1.41. The van der Waals surface area contributed by atoms with Crippen LogP contribution in [-0.4, -0.2) is 31.2 Å². The van der Waals surface area contributed by atoms with Gasteiger partial charge in [-0.25, -0.2) is 17.2 Å². The van der Waals surface area contributed by atoms with Crippen molar-refractivity contribution in [1.29, 1.82) is 0 Å². The minimum atomic E-state index is -3.97. The van der Waals surface area contributed by atoms with E-state index in [1.165, 1.54) is 22.5 Å². The van der Waals surface area contributed by atoms with Gasteiger partial charge in [0.15, 0.2) is 0 Å². The van der Waals surface area contributed by atoms with Crippen LogP contribution < -0.4 is 5.32 Å². The molecule has 1 aliphatic rings.